The fraction of sp³-hybridized carbons (Fsp3) is 0.438. The Morgan fingerprint density at radius 1 is 1.27 bits per heavy atom. The molecule has 3 rings (SSSR count). The summed E-state index contributed by atoms with van der Waals surface area (Å²) in [5.74, 6) is 0.906. The van der Waals surface area contributed by atoms with Gasteiger partial charge in [0.05, 0.1) is 4.90 Å². The third-order valence-electron chi connectivity index (χ3n) is 4.30. The molecule has 2 heterocycles. The molecule has 1 unspecified atom stereocenters. The van der Waals surface area contributed by atoms with Crippen molar-refractivity contribution in [2.24, 2.45) is 0 Å². The molecule has 0 spiro atoms. The van der Waals surface area contributed by atoms with Crippen molar-refractivity contribution in [3.63, 3.8) is 0 Å². The van der Waals surface area contributed by atoms with Crippen LogP contribution in [0, 0.1) is 0 Å². The first-order chi connectivity index (χ1) is 10.5. The smallest absolute Gasteiger partial charge is 0.175 e. The van der Waals surface area contributed by atoms with Crippen LogP contribution in [0.1, 0.15) is 19.4 Å². The highest BCUT2D eigenvalue weighted by Crippen LogP contribution is 2.27. The van der Waals surface area contributed by atoms with E-state index in [1.54, 1.807) is 12.1 Å². The summed E-state index contributed by atoms with van der Waals surface area (Å²) in [6, 6.07) is 7.41. The van der Waals surface area contributed by atoms with E-state index in [1.165, 1.54) is 6.26 Å². The maximum Gasteiger partial charge on any atom is 0.175 e. The van der Waals surface area contributed by atoms with Crippen LogP contribution in [0.2, 0.25) is 0 Å². The largest absolute Gasteiger partial charge is 0.327 e. The fourth-order valence-corrected chi connectivity index (χ4v) is 3.64. The SMILES string of the molecule is CCN1CCC(n2ccnc2-c2ccc(S(C)(=O)=O)cc2)C1. The van der Waals surface area contributed by atoms with Gasteiger partial charge in [0, 0.05) is 43.3 Å². The molecule has 118 valence electrons. The number of nitrogens with zero attached hydrogens (tertiary/aromatic N) is 3. The van der Waals surface area contributed by atoms with E-state index in [0.717, 1.165) is 37.4 Å². The molecule has 1 saturated heterocycles. The van der Waals surface area contributed by atoms with Gasteiger partial charge in [-0.1, -0.05) is 6.92 Å². The number of hydrogen-bond donors (Lipinski definition) is 0. The lowest BCUT2D eigenvalue weighted by Gasteiger charge is -2.17. The summed E-state index contributed by atoms with van der Waals surface area (Å²) in [7, 11) is -3.16. The minimum Gasteiger partial charge on any atom is -0.327 e. The van der Waals surface area contributed by atoms with Crippen LogP contribution >= 0.6 is 0 Å². The molecule has 0 saturated carbocycles. The van der Waals surface area contributed by atoms with E-state index in [1.807, 2.05) is 24.5 Å². The second-order valence-corrected chi connectivity index (χ2v) is 7.81. The van der Waals surface area contributed by atoms with Gasteiger partial charge in [-0.3, -0.25) is 0 Å². The van der Waals surface area contributed by atoms with Crippen LogP contribution in [0.15, 0.2) is 41.6 Å². The summed E-state index contributed by atoms with van der Waals surface area (Å²) in [4.78, 5) is 7.24. The lowest BCUT2D eigenvalue weighted by Crippen LogP contribution is -2.21. The molecule has 1 aliphatic rings. The number of sulfone groups is 1. The molecule has 5 nitrogen and oxygen atoms in total. The van der Waals surface area contributed by atoms with E-state index in [0.29, 0.717) is 10.9 Å². The van der Waals surface area contributed by atoms with Crippen LogP contribution in [-0.2, 0) is 9.84 Å². The van der Waals surface area contributed by atoms with Gasteiger partial charge in [-0.25, -0.2) is 13.4 Å². The van der Waals surface area contributed by atoms with Gasteiger partial charge in [0.15, 0.2) is 9.84 Å². The molecule has 1 aromatic heterocycles. The van der Waals surface area contributed by atoms with Crippen molar-refractivity contribution < 1.29 is 8.42 Å². The van der Waals surface area contributed by atoms with Crippen LogP contribution in [0.5, 0.6) is 0 Å². The normalized spacial score (nSPS) is 19.6. The van der Waals surface area contributed by atoms with Crippen molar-refractivity contribution in [2.45, 2.75) is 24.3 Å². The first-order valence-corrected chi connectivity index (χ1v) is 9.44. The van der Waals surface area contributed by atoms with E-state index >= 15 is 0 Å². The van der Waals surface area contributed by atoms with Crippen molar-refractivity contribution >= 4 is 9.84 Å². The van der Waals surface area contributed by atoms with E-state index in [2.05, 4.69) is 21.4 Å². The van der Waals surface area contributed by atoms with Crippen molar-refractivity contribution in [2.75, 3.05) is 25.9 Å². The van der Waals surface area contributed by atoms with Gasteiger partial charge in [0.1, 0.15) is 5.82 Å². The Bertz CT molecular complexity index is 750. The van der Waals surface area contributed by atoms with Gasteiger partial charge in [-0.2, -0.15) is 0 Å². The molecule has 22 heavy (non-hydrogen) atoms. The molecule has 0 bridgehead atoms. The van der Waals surface area contributed by atoms with Gasteiger partial charge in [0.2, 0.25) is 0 Å². The molecule has 0 N–H and O–H groups in total. The molecule has 1 aliphatic heterocycles. The molecule has 1 atom stereocenters. The number of benzene rings is 1. The Morgan fingerprint density at radius 2 is 2.00 bits per heavy atom. The lowest BCUT2D eigenvalue weighted by atomic mass is 10.2. The highest BCUT2D eigenvalue weighted by atomic mass is 32.2. The summed E-state index contributed by atoms with van der Waals surface area (Å²) in [6.45, 7) is 5.41. The monoisotopic (exact) mass is 319 g/mol. The zero-order valence-electron chi connectivity index (χ0n) is 12.9. The highest BCUT2D eigenvalue weighted by molar-refractivity contribution is 7.90. The van der Waals surface area contributed by atoms with Gasteiger partial charge in [-0.15, -0.1) is 0 Å². The number of rotatable bonds is 4. The molecule has 0 amide bonds. The average Bonchev–Trinajstić information content (AvgIpc) is 3.15. The standard InChI is InChI=1S/C16H21N3O2S/c1-3-18-10-8-14(12-18)19-11-9-17-16(19)13-4-6-15(7-5-13)22(2,20)21/h4-7,9,11,14H,3,8,10,12H2,1-2H3. The minimum atomic E-state index is -3.16. The molecular weight excluding hydrogens is 298 g/mol. The average molecular weight is 319 g/mol. The molecule has 1 aromatic carbocycles. The topological polar surface area (TPSA) is 55.2 Å². The Labute approximate surface area is 131 Å². The Morgan fingerprint density at radius 3 is 2.59 bits per heavy atom. The second-order valence-electron chi connectivity index (χ2n) is 5.79. The Balaban J connectivity index is 1.89. The molecule has 1 fully saturated rings. The van der Waals surface area contributed by atoms with E-state index in [9.17, 15) is 8.42 Å². The first kappa shape index (κ1) is 15.2. The maximum atomic E-state index is 11.5. The number of imidazole rings is 1. The number of likely N-dealkylation sites (tertiary alicyclic amines) is 1. The predicted octanol–water partition coefficient (Wildman–Crippen LogP) is 2.22. The quantitative estimate of drug-likeness (QED) is 0.867. The molecular formula is C16H21N3O2S. The first-order valence-electron chi connectivity index (χ1n) is 7.54. The number of hydrogen-bond acceptors (Lipinski definition) is 4. The molecule has 0 aliphatic carbocycles. The summed E-state index contributed by atoms with van der Waals surface area (Å²) < 4.78 is 25.3. The summed E-state index contributed by atoms with van der Waals surface area (Å²) in [6.07, 6.45) is 6.18. The predicted molar refractivity (Wildman–Crippen MR) is 86.5 cm³/mol. The third kappa shape index (κ3) is 2.94. The van der Waals surface area contributed by atoms with Gasteiger partial charge in [0.25, 0.3) is 0 Å². The van der Waals surface area contributed by atoms with Crippen LogP contribution in [0.25, 0.3) is 11.4 Å². The van der Waals surface area contributed by atoms with E-state index in [-0.39, 0.29) is 0 Å². The van der Waals surface area contributed by atoms with E-state index < -0.39 is 9.84 Å². The fourth-order valence-electron chi connectivity index (χ4n) is 3.01. The van der Waals surface area contributed by atoms with Gasteiger partial charge >= 0.3 is 0 Å². The lowest BCUT2D eigenvalue weighted by molar-refractivity contribution is 0.342. The Kier molecular flexibility index (Phi) is 4.06. The summed E-state index contributed by atoms with van der Waals surface area (Å²) >= 11 is 0. The van der Waals surface area contributed by atoms with Crippen LogP contribution in [0.4, 0.5) is 0 Å². The molecule has 0 radical (unpaired) electrons. The maximum absolute atomic E-state index is 11.5. The van der Waals surface area contributed by atoms with Gasteiger partial charge in [-0.05, 0) is 37.2 Å². The van der Waals surface area contributed by atoms with Crippen molar-refractivity contribution in [1.82, 2.24) is 14.5 Å². The highest BCUT2D eigenvalue weighted by Gasteiger charge is 2.24. The summed E-state index contributed by atoms with van der Waals surface area (Å²) in [5, 5.41) is 0. The zero-order valence-corrected chi connectivity index (χ0v) is 13.8. The van der Waals surface area contributed by atoms with Crippen molar-refractivity contribution in [3.05, 3.63) is 36.7 Å². The Hall–Kier alpha value is -1.66. The zero-order chi connectivity index (χ0) is 15.7. The number of aromatic nitrogens is 2. The van der Waals surface area contributed by atoms with Crippen molar-refractivity contribution in [3.8, 4) is 11.4 Å². The van der Waals surface area contributed by atoms with Crippen LogP contribution in [-0.4, -0.2) is 48.8 Å². The van der Waals surface area contributed by atoms with E-state index in [4.69, 9.17) is 0 Å². The van der Waals surface area contributed by atoms with Crippen molar-refractivity contribution in [1.29, 1.82) is 0 Å². The summed E-state index contributed by atoms with van der Waals surface area (Å²) in [5.41, 5.74) is 0.951. The van der Waals surface area contributed by atoms with Crippen LogP contribution in [0.3, 0.4) is 0 Å². The molecule has 2 aromatic rings. The minimum absolute atomic E-state index is 0.340. The van der Waals surface area contributed by atoms with Gasteiger partial charge < -0.3 is 9.47 Å². The molecule has 6 heteroatoms. The van der Waals surface area contributed by atoms with Crippen LogP contribution < -0.4 is 0 Å². The second kappa shape index (κ2) is 5.85. The third-order valence-corrected chi connectivity index (χ3v) is 5.43. The number of likely N-dealkylation sites (N-methyl/N-ethyl adjacent to an activating group) is 1.